The zero-order valence-electron chi connectivity index (χ0n) is 25.7. The topological polar surface area (TPSA) is 228 Å². The fraction of sp³-hybridized carbons (Fsp3) is 0.296. The fourth-order valence-electron chi connectivity index (χ4n) is 4.37. The summed E-state index contributed by atoms with van der Waals surface area (Å²) in [6.07, 6.45) is 0. The SMILES string of the molecule is CCON=C(C(=O)N[C@@H]1C(=O)N2C(C(=O)[O-])=C(CSc3nnc(-c4ccc(OC(C)=O)c(OC(C)=O)c4)s3)CS[C@H]12)c1csc(N)n1.[Na+]. The first-order valence-corrected chi connectivity index (χ1v) is 17.3. The molecule has 2 atom stereocenters. The maximum atomic E-state index is 13.2. The number of rotatable bonds is 12. The number of nitrogens with zero attached hydrogens (tertiary/aromatic N) is 5. The molecular weight excluding hydrogens is 718 g/mol. The maximum Gasteiger partial charge on any atom is 1.00 e. The van der Waals surface area contributed by atoms with Crippen LogP contribution in [0.2, 0.25) is 0 Å². The van der Waals surface area contributed by atoms with E-state index >= 15 is 0 Å². The van der Waals surface area contributed by atoms with E-state index in [2.05, 4.69) is 25.7 Å². The van der Waals surface area contributed by atoms with E-state index < -0.39 is 41.1 Å². The summed E-state index contributed by atoms with van der Waals surface area (Å²) in [6, 6.07) is 3.56. The minimum absolute atomic E-state index is 0. The summed E-state index contributed by atoms with van der Waals surface area (Å²) >= 11 is 4.81. The van der Waals surface area contributed by atoms with Gasteiger partial charge in [-0.15, -0.1) is 33.3 Å². The second-order valence-corrected chi connectivity index (χ2v) is 13.7. The molecule has 2 aliphatic heterocycles. The molecule has 0 saturated carbocycles. The predicted octanol–water partition coefficient (Wildman–Crippen LogP) is -1.96. The van der Waals surface area contributed by atoms with Gasteiger partial charge in [0.05, 0.1) is 11.7 Å². The molecule has 2 aliphatic rings. The number of thioether (sulfide) groups is 2. The second kappa shape index (κ2) is 16.2. The number of nitrogens with one attached hydrogen (secondary N) is 1. The van der Waals surface area contributed by atoms with Gasteiger partial charge >= 0.3 is 41.5 Å². The van der Waals surface area contributed by atoms with Crippen molar-refractivity contribution in [2.75, 3.05) is 23.8 Å². The largest absolute Gasteiger partial charge is 1.00 e. The van der Waals surface area contributed by atoms with Gasteiger partial charge < -0.3 is 35.3 Å². The summed E-state index contributed by atoms with van der Waals surface area (Å²) in [5.74, 6) is -3.55. The Kier molecular flexibility index (Phi) is 12.6. The van der Waals surface area contributed by atoms with Crippen LogP contribution in [0.15, 0.2) is 44.3 Å². The molecule has 5 rings (SSSR count). The maximum absolute atomic E-state index is 13.2. The van der Waals surface area contributed by atoms with Crippen molar-refractivity contribution in [1.82, 2.24) is 25.4 Å². The number of fused-ring (bicyclic) bond motifs is 1. The third-order valence-corrected chi connectivity index (χ3v) is 10.5. The van der Waals surface area contributed by atoms with Crippen molar-refractivity contribution in [3.63, 3.8) is 0 Å². The molecule has 48 heavy (non-hydrogen) atoms. The van der Waals surface area contributed by atoms with Gasteiger partial charge in [0.15, 0.2) is 26.7 Å². The fourth-order valence-corrected chi connectivity index (χ4v) is 8.25. The molecule has 0 aliphatic carbocycles. The van der Waals surface area contributed by atoms with Crippen LogP contribution >= 0.6 is 46.2 Å². The van der Waals surface area contributed by atoms with Crippen molar-refractivity contribution in [3.05, 3.63) is 40.5 Å². The molecule has 2 amide bonds. The number of oxime groups is 1. The van der Waals surface area contributed by atoms with Crippen LogP contribution in [-0.4, -0.2) is 85.0 Å². The molecule has 4 heterocycles. The standard InChI is InChI=1S/C27H25N7O9S4.Na/c1-4-41-33-18(15-10-45-26(28)29-15)21(37)30-19-23(38)34-20(25(39)40)14(8-44-24(19)34)9-46-27-32-31-22(47-27)13-5-6-16(42-11(2)35)17(7-13)43-12(3)36;/h5-7,10,19,24H,4,8-9H2,1-3H3,(H2,28,29)(H,30,37)(H,39,40);/q;+1/p-1/t19-,24-;/m1./s1. The number of nitrogen functional groups attached to an aromatic ring is 1. The van der Waals surface area contributed by atoms with Crippen LogP contribution in [0.5, 0.6) is 11.5 Å². The molecule has 2 aromatic heterocycles. The van der Waals surface area contributed by atoms with Gasteiger partial charge in [-0.25, -0.2) is 4.98 Å². The predicted molar refractivity (Wildman–Crippen MR) is 170 cm³/mol. The van der Waals surface area contributed by atoms with E-state index in [0.29, 0.717) is 20.5 Å². The molecule has 1 saturated heterocycles. The number of aromatic nitrogens is 3. The number of benzene rings is 1. The van der Waals surface area contributed by atoms with Gasteiger partial charge in [0.25, 0.3) is 11.8 Å². The van der Waals surface area contributed by atoms with Crippen LogP contribution in [-0.2, 0) is 28.8 Å². The van der Waals surface area contributed by atoms with Gasteiger partial charge in [-0.3, -0.25) is 24.1 Å². The Balaban J connectivity index is 0.00000520. The minimum atomic E-state index is -1.52. The molecule has 0 bridgehead atoms. The van der Waals surface area contributed by atoms with Gasteiger partial charge in [-0.1, -0.05) is 28.3 Å². The number of carboxylic acid groups (broad SMARTS) is 1. The summed E-state index contributed by atoms with van der Waals surface area (Å²) in [7, 11) is 0. The van der Waals surface area contributed by atoms with Crippen LogP contribution in [0.3, 0.4) is 0 Å². The number of nitrogens with two attached hydrogens (primary N) is 1. The Bertz CT molecular complexity index is 1830. The first-order valence-electron chi connectivity index (χ1n) is 13.5. The quantitative estimate of drug-likeness (QED) is 0.0391. The van der Waals surface area contributed by atoms with E-state index in [1.807, 2.05) is 0 Å². The van der Waals surface area contributed by atoms with Crippen molar-refractivity contribution in [2.24, 2.45) is 5.16 Å². The molecule has 21 heteroatoms. The Morgan fingerprint density at radius 1 is 1.17 bits per heavy atom. The zero-order valence-corrected chi connectivity index (χ0v) is 31.0. The van der Waals surface area contributed by atoms with Crippen LogP contribution in [0.4, 0.5) is 5.13 Å². The van der Waals surface area contributed by atoms with Gasteiger partial charge in [-0.05, 0) is 30.7 Å². The molecule has 1 aromatic carbocycles. The van der Waals surface area contributed by atoms with E-state index in [1.54, 1.807) is 13.0 Å². The average molecular weight is 742 g/mol. The number of carbonyl (C=O) groups is 5. The van der Waals surface area contributed by atoms with Crippen molar-refractivity contribution in [1.29, 1.82) is 0 Å². The number of ether oxygens (including phenoxy) is 2. The minimum Gasteiger partial charge on any atom is -0.543 e. The number of esters is 2. The number of hydrogen-bond donors (Lipinski definition) is 2. The third kappa shape index (κ3) is 8.36. The van der Waals surface area contributed by atoms with E-state index in [4.69, 9.17) is 20.0 Å². The number of hydrogen-bond acceptors (Lipinski definition) is 18. The first kappa shape index (κ1) is 37.3. The first-order chi connectivity index (χ1) is 22.5. The summed E-state index contributed by atoms with van der Waals surface area (Å²) in [5.41, 5.74) is 6.42. The van der Waals surface area contributed by atoms with Crippen LogP contribution in [0.1, 0.15) is 26.5 Å². The number of β-lactam (4-membered cyclic amide) rings is 1. The normalized spacial score (nSPS) is 17.1. The van der Waals surface area contributed by atoms with Crippen molar-refractivity contribution < 1.29 is 72.9 Å². The average Bonchev–Trinajstić information content (AvgIpc) is 3.68. The molecule has 16 nitrogen and oxygen atoms in total. The number of carboxylic acids is 1. The van der Waals surface area contributed by atoms with Crippen molar-refractivity contribution >= 4 is 86.8 Å². The van der Waals surface area contributed by atoms with E-state index in [9.17, 15) is 29.1 Å². The summed E-state index contributed by atoms with van der Waals surface area (Å²) in [6.45, 7) is 4.30. The Morgan fingerprint density at radius 3 is 2.54 bits per heavy atom. The molecule has 0 spiro atoms. The van der Waals surface area contributed by atoms with Crippen molar-refractivity contribution in [2.45, 2.75) is 36.5 Å². The molecule has 3 N–H and O–H groups in total. The smallest absolute Gasteiger partial charge is 0.543 e. The summed E-state index contributed by atoms with van der Waals surface area (Å²) in [5, 5.41) is 28.5. The monoisotopic (exact) mass is 741 g/mol. The van der Waals surface area contributed by atoms with Crippen LogP contribution < -0.4 is 55.2 Å². The van der Waals surface area contributed by atoms with E-state index in [0.717, 1.165) is 16.2 Å². The summed E-state index contributed by atoms with van der Waals surface area (Å²) in [4.78, 5) is 71.7. The Labute approximate surface area is 311 Å². The number of carbonyl (C=O) groups excluding carboxylic acids is 5. The molecule has 1 fully saturated rings. The Hall–Kier alpha value is -3.53. The number of aliphatic carboxylic acids is 1. The molecule has 0 radical (unpaired) electrons. The second-order valence-electron chi connectivity index (χ2n) is 9.54. The zero-order chi connectivity index (χ0) is 33.8. The molecule has 3 aromatic rings. The number of thiazole rings is 1. The van der Waals surface area contributed by atoms with Gasteiger partial charge in [-0.2, -0.15) is 0 Å². The van der Waals surface area contributed by atoms with E-state index in [1.165, 1.54) is 66.2 Å². The number of anilines is 1. The molecule has 246 valence electrons. The third-order valence-electron chi connectivity index (χ3n) is 6.27. The van der Waals surface area contributed by atoms with Gasteiger partial charge in [0.1, 0.15) is 28.7 Å². The number of amides is 2. The summed E-state index contributed by atoms with van der Waals surface area (Å²) < 4.78 is 10.8. The Morgan fingerprint density at radius 2 is 1.90 bits per heavy atom. The van der Waals surface area contributed by atoms with E-state index in [-0.39, 0.29) is 81.4 Å². The van der Waals surface area contributed by atoms with Gasteiger partial charge in [0.2, 0.25) is 0 Å². The van der Waals surface area contributed by atoms with Crippen LogP contribution in [0.25, 0.3) is 10.6 Å². The molecule has 0 unspecified atom stereocenters. The van der Waals surface area contributed by atoms with Crippen molar-refractivity contribution in [3.8, 4) is 22.1 Å². The molecular formula is C27H24N7NaO9S4. The van der Waals surface area contributed by atoms with Gasteiger partial charge in [0, 0.05) is 36.3 Å². The van der Waals surface area contributed by atoms with Crippen LogP contribution in [0, 0.1) is 0 Å².